The molecule has 3 rings (SSSR count). The van der Waals surface area contributed by atoms with E-state index in [1.807, 2.05) is 0 Å². The Balaban J connectivity index is 1.61. The van der Waals surface area contributed by atoms with Crippen molar-refractivity contribution in [2.45, 2.75) is 31.9 Å². The topological polar surface area (TPSA) is 77.7 Å². The van der Waals surface area contributed by atoms with Gasteiger partial charge >= 0.3 is 0 Å². The van der Waals surface area contributed by atoms with Crippen LogP contribution in [0.1, 0.15) is 36.2 Å². The highest BCUT2D eigenvalue weighted by atomic mass is 19.1. The summed E-state index contributed by atoms with van der Waals surface area (Å²) in [7, 11) is 1.60. The van der Waals surface area contributed by atoms with E-state index < -0.39 is 0 Å². The van der Waals surface area contributed by atoms with Gasteiger partial charge in [0.25, 0.3) is 5.89 Å². The summed E-state index contributed by atoms with van der Waals surface area (Å²) < 4.78 is 28.8. The number of methoxy groups -OCH3 is 1. The molecule has 7 nitrogen and oxygen atoms in total. The van der Waals surface area contributed by atoms with Gasteiger partial charge in [-0.2, -0.15) is 4.98 Å². The average molecular weight is 363 g/mol. The van der Waals surface area contributed by atoms with E-state index in [0.717, 1.165) is 12.8 Å². The summed E-state index contributed by atoms with van der Waals surface area (Å²) in [4.78, 5) is 18.7. The molecule has 140 valence electrons. The van der Waals surface area contributed by atoms with E-state index in [1.54, 1.807) is 24.1 Å². The van der Waals surface area contributed by atoms with Crippen LogP contribution in [0.25, 0.3) is 0 Å². The Bertz CT molecular complexity index is 737. The van der Waals surface area contributed by atoms with E-state index in [0.29, 0.717) is 37.0 Å². The van der Waals surface area contributed by atoms with Crippen molar-refractivity contribution in [1.29, 1.82) is 0 Å². The number of carbonyl (C=O) groups is 1. The molecule has 2 heterocycles. The van der Waals surface area contributed by atoms with Crippen molar-refractivity contribution >= 4 is 5.91 Å². The number of amides is 1. The lowest BCUT2D eigenvalue weighted by molar-refractivity contribution is -0.131. The van der Waals surface area contributed by atoms with Crippen molar-refractivity contribution < 1.29 is 23.2 Å². The fourth-order valence-electron chi connectivity index (χ4n) is 3.02. The molecule has 26 heavy (non-hydrogen) atoms. The molecule has 0 bridgehead atoms. The Morgan fingerprint density at radius 3 is 3.12 bits per heavy atom. The maximum atomic E-state index is 13.3. The Hall–Kier alpha value is -2.32. The van der Waals surface area contributed by atoms with Crippen LogP contribution in [0.3, 0.4) is 0 Å². The van der Waals surface area contributed by atoms with Crippen LogP contribution in [0.5, 0.6) is 0 Å². The molecule has 0 spiro atoms. The molecule has 1 aromatic carbocycles. The quantitative estimate of drug-likeness (QED) is 0.670. The van der Waals surface area contributed by atoms with Crippen molar-refractivity contribution in [2.24, 2.45) is 0 Å². The van der Waals surface area contributed by atoms with Crippen LogP contribution in [0.2, 0.25) is 0 Å². The Kier molecular flexibility index (Phi) is 6.30. The third-order valence-electron chi connectivity index (χ3n) is 4.26. The second-order valence-corrected chi connectivity index (χ2v) is 6.14. The van der Waals surface area contributed by atoms with Gasteiger partial charge in [-0.3, -0.25) is 4.79 Å². The molecule has 1 atom stereocenters. The fourth-order valence-corrected chi connectivity index (χ4v) is 3.02. The van der Waals surface area contributed by atoms with Crippen molar-refractivity contribution in [3.63, 3.8) is 0 Å². The van der Waals surface area contributed by atoms with Crippen LogP contribution in [-0.4, -0.2) is 47.8 Å². The number of nitrogens with zero attached hydrogens (tertiary/aromatic N) is 3. The molecule has 8 heteroatoms. The van der Waals surface area contributed by atoms with Gasteiger partial charge in [-0.1, -0.05) is 17.3 Å². The molecule has 0 aliphatic carbocycles. The molecule has 1 aliphatic rings. The zero-order chi connectivity index (χ0) is 18.4. The lowest BCUT2D eigenvalue weighted by Gasteiger charge is -2.22. The number of hydrogen-bond acceptors (Lipinski definition) is 6. The van der Waals surface area contributed by atoms with Crippen LogP contribution in [-0.2, 0) is 27.3 Å². The standard InChI is InChI=1S/C18H22FN3O4/c1-24-8-9-25-12-16-20-18(21-26-16)15-6-3-7-22(15)17(23)11-13-4-2-5-14(19)10-13/h2,4-5,10,15H,3,6-9,11-12H2,1H3. The first kappa shape index (κ1) is 18.5. The summed E-state index contributed by atoms with van der Waals surface area (Å²) in [6, 6.07) is 5.88. The largest absolute Gasteiger partial charge is 0.382 e. The minimum absolute atomic E-state index is 0.0687. The van der Waals surface area contributed by atoms with Crippen molar-refractivity contribution in [3.8, 4) is 0 Å². The molecule has 1 unspecified atom stereocenters. The molecular weight excluding hydrogens is 341 g/mol. The van der Waals surface area contributed by atoms with Crippen LogP contribution in [0, 0.1) is 5.82 Å². The van der Waals surface area contributed by atoms with Gasteiger partial charge in [-0.05, 0) is 30.5 Å². The van der Waals surface area contributed by atoms with Gasteiger partial charge in [-0.25, -0.2) is 4.39 Å². The number of likely N-dealkylation sites (tertiary alicyclic amines) is 1. The molecule has 0 saturated carbocycles. The molecule has 1 aromatic heterocycles. The van der Waals surface area contributed by atoms with Crippen molar-refractivity contribution in [1.82, 2.24) is 15.0 Å². The second-order valence-electron chi connectivity index (χ2n) is 6.14. The predicted molar refractivity (Wildman–Crippen MR) is 89.6 cm³/mol. The smallest absolute Gasteiger partial charge is 0.252 e. The van der Waals surface area contributed by atoms with E-state index in [9.17, 15) is 9.18 Å². The van der Waals surface area contributed by atoms with E-state index in [2.05, 4.69) is 10.1 Å². The lowest BCUT2D eigenvalue weighted by Crippen LogP contribution is -2.32. The third-order valence-corrected chi connectivity index (χ3v) is 4.26. The SMILES string of the molecule is COCCOCc1nc(C2CCCN2C(=O)Cc2cccc(F)c2)no1. The highest BCUT2D eigenvalue weighted by Gasteiger charge is 2.33. The summed E-state index contributed by atoms with van der Waals surface area (Å²) in [5.74, 6) is 0.450. The maximum Gasteiger partial charge on any atom is 0.252 e. The van der Waals surface area contributed by atoms with Gasteiger partial charge in [0.15, 0.2) is 5.82 Å². The van der Waals surface area contributed by atoms with E-state index in [1.165, 1.54) is 12.1 Å². The number of hydrogen-bond donors (Lipinski definition) is 0. The molecule has 1 aliphatic heterocycles. The van der Waals surface area contributed by atoms with Gasteiger partial charge in [0.2, 0.25) is 5.91 Å². The van der Waals surface area contributed by atoms with Crippen LogP contribution >= 0.6 is 0 Å². The van der Waals surface area contributed by atoms with Crippen LogP contribution in [0.15, 0.2) is 28.8 Å². The van der Waals surface area contributed by atoms with Crippen LogP contribution in [0.4, 0.5) is 4.39 Å². The number of aromatic nitrogens is 2. The average Bonchev–Trinajstić information content (AvgIpc) is 3.28. The van der Waals surface area contributed by atoms with Crippen molar-refractivity contribution in [3.05, 3.63) is 47.4 Å². The van der Waals surface area contributed by atoms with Gasteiger partial charge < -0.3 is 18.9 Å². The molecule has 0 radical (unpaired) electrons. The second kappa shape index (κ2) is 8.86. The highest BCUT2D eigenvalue weighted by Crippen LogP contribution is 2.30. The lowest BCUT2D eigenvalue weighted by atomic mass is 10.1. The minimum atomic E-state index is -0.343. The fraction of sp³-hybridized carbons (Fsp3) is 0.500. The van der Waals surface area contributed by atoms with Crippen molar-refractivity contribution in [2.75, 3.05) is 26.9 Å². The summed E-state index contributed by atoms with van der Waals surface area (Å²) in [6.07, 6.45) is 1.80. The Morgan fingerprint density at radius 1 is 1.42 bits per heavy atom. The number of halogens is 1. The molecule has 1 fully saturated rings. The van der Waals surface area contributed by atoms with Crippen LogP contribution < -0.4 is 0 Å². The zero-order valence-electron chi connectivity index (χ0n) is 14.7. The number of carbonyl (C=O) groups excluding carboxylic acids is 1. The van der Waals surface area contributed by atoms with E-state index in [4.69, 9.17) is 14.0 Å². The summed E-state index contributed by atoms with van der Waals surface area (Å²) in [5, 5.41) is 4.00. The van der Waals surface area contributed by atoms with Gasteiger partial charge in [-0.15, -0.1) is 0 Å². The minimum Gasteiger partial charge on any atom is -0.382 e. The summed E-state index contributed by atoms with van der Waals surface area (Å²) >= 11 is 0. The van der Waals surface area contributed by atoms with Gasteiger partial charge in [0.1, 0.15) is 12.4 Å². The number of benzene rings is 1. The van der Waals surface area contributed by atoms with Gasteiger partial charge in [0, 0.05) is 13.7 Å². The number of ether oxygens (including phenoxy) is 2. The Labute approximate surface area is 151 Å². The first-order valence-corrected chi connectivity index (χ1v) is 8.60. The molecule has 1 amide bonds. The first-order valence-electron chi connectivity index (χ1n) is 8.60. The highest BCUT2D eigenvalue weighted by molar-refractivity contribution is 5.79. The zero-order valence-corrected chi connectivity index (χ0v) is 14.7. The van der Waals surface area contributed by atoms with E-state index in [-0.39, 0.29) is 30.8 Å². The predicted octanol–water partition coefficient (Wildman–Crippen LogP) is 2.28. The molecule has 0 N–H and O–H groups in total. The summed E-state index contributed by atoms with van der Waals surface area (Å²) in [5.41, 5.74) is 0.654. The van der Waals surface area contributed by atoms with E-state index >= 15 is 0 Å². The molecule has 1 saturated heterocycles. The Morgan fingerprint density at radius 2 is 2.31 bits per heavy atom. The third kappa shape index (κ3) is 4.64. The summed E-state index contributed by atoms with van der Waals surface area (Å²) in [6.45, 7) is 1.77. The van der Waals surface area contributed by atoms with Gasteiger partial charge in [0.05, 0.1) is 25.7 Å². The first-order chi connectivity index (χ1) is 12.7. The molecule has 2 aromatic rings. The maximum absolute atomic E-state index is 13.3. The number of rotatable bonds is 8. The normalized spacial score (nSPS) is 17.0. The molecular formula is C18H22FN3O4. The monoisotopic (exact) mass is 363 g/mol.